The normalized spacial score (nSPS) is 16.5. The summed E-state index contributed by atoms with van der Waals surface area (Å²) in [6.45, 7) is 5.42. The predicted octanol–water partition coefficient (Wildman–Crippen LogP) is 3.75. The Morgan fingerprint density at radius 1 is 1.11 bits per heavy atom. The van der Waals surface area contributed by atoms with Crippen LogP contribution in [0.4, 0.5) is 0 Å². The fourth-order valence-corrected chi connectivity index (χ4v) is 3.15. The average Bonchev–Trinajstić information content (AvgIpc) is 2.68. The van der Waals surface area contributed by atoms with Crippen LogP contribution in [0.5, 0.6) is 5.75 Å². The van der Waals surface area contributed by atoms with Crippen molar-refractivity contribution in [1.29, 1.82) is 0 Å². The monoisotopic (exact) mass is 365 g/mol. The van der Waals surface area contributed by atoms with Gasteiger partial charge in [0.15, 0.2) is 0 Å². The zero-order valence-electron chi connectivity index (χ0n) is 16.0. The summed E-state index contributed by atoms with van der Waals surface area (Å²) in [7, 11) is 0. The number of likely N-dealkylation sites (tertiary alicyclic amines) is 1. The molecule has 0 unspecified atom stereocenters. The number of rotatable bonds is 5. The lowest BCUT2D eigenvalue weighted by Crippen LogP contribution is -2.49. The Kier molecular flexibility index (Phi) is 5.97. The van der Waals surface area contributed by atoms with Gasteiger partial charge >= 0.3 is 0 Å². The van der Waals surface area contributed by atoms with Crippen LogP contribution >= 0.6 is 0 Å². The maximum atomic E-state index is 12.4. The molecule has 1 amide bonds. The van der Waals surface area contributed by atoms with E-state index in [1.807, 2.05) is 61.5 Å². The van der Waals surface area contributed by atoms with E-state index in [-0.39, 0.29) is 12.5 Å². The van der Waals surface area contributed by atoms with Crippen molar-refractivity contribution in [2.45, 2.75) is 32.3 Å². The Morgan fingerprint density at radius 2 is 1.81 bits per heavy atom. The molecule has 0 aromatic heterocycles. The zero-order valence-corrected chi connectivity index (χ0v) is 16.0. The van der Waals surface area contributed by atoms with E-state index in [4.69, 9.17) is 4.74 Å². The standard InChI is InChI=1S/C23H27NO3/c1-18-8-10-21(16-19(18)2)27-17-23(26)12-14-24(15-13-23)22(25)11-9-20-6-4-3-5-7-20/h3-11,16,26H,12-15,17H2,1-2H3/b11-9+. The summed E-state index contributed by atoms with van der Waals surface area (Å²) in [5, 5.41) is 10.8. The fourth-order valence-electron chi connectivity index (χ4n) is 3.15. The highest BCUT2D eigenvalue weighted by Crippen LogP contribution is 2.25. The summed E-state index contributed by atoms with van der Waals surface area (Å²) in [6, 6.07) is 15.7. The maximum Gasteiger partial charge on any atom is 0.246 e. The molecule has 0 radical (unpaired) electrons. The quantitative estimate of drug-likeness (QED) is 0.821. The van der Waals surface area contributed by atoms with Gasteiger partial charge in [-0.3, -0.25) is 4.79 Å². The first kappa shape index (κ1) is 19.2. The summed E-state index contributed by atoms with van der Waals surface area (Å²) in [4.78, 5) is 14.1. The Hall–Kier alpha value is -2.59. The Balaban J connectivity index is 1.50. The lowest BCUT2D eigenvalue weighted by Gasteiger charge is -2.37. The van der Waals surface area contributed by atoms with Gasteiger partial charge in [-0.05, 0) is 61.6 Å². The molecule has 0 bridgehead atoms. The van der Waals surface area contributed by atoms with Gasteiger partial charge in [-0.1, -0.05) is 36.4 Å². The second kappa shape index (κ2) is 8.40. The van der Waals surface area contributed by atoms with Crippen molar-refractivity contribution in [3.63, 3.8) is 0 Å². The van der Waals surface area contributed by atoms with Crippen molar-refractivity contribution in [2.24, 2.45) is 0 Å². The molecule has 4 heteroatoms. The number of aliphatic hydroxyl groups is 1. The van der Waals surface area contributed by atoms with Crippen LogP contribution in [0, 0.1) is 13.8 Å². The van der Waals surface area contributed by atoms with Crippen molar-refractivity contribution in [1.82, 2.24) is 4.90 Å². The molecule has 2 aromatic rings. The molecule has 1 aliphatic rings. The first-order valence-corrected chi connectivity index (χ1v) is 9.40. The van der Waals surface area contributed by atoms with E-state index in [2.05, 4.69) is 6.92 Å². The van der Waals surface area contributed by atoms with Gasteiger partial charge < -0.3 is 14.7 Å². The Morgan fingerprint density at radius 3 is 2.48 bits per heavy atom. The third kappa shape index (κ3) is 5.20. The summed E-state index contributed by atoms with van der Waals surface area (Å²) >= 11 is 0. The van der Waals surface area contributed by atoms with Gasteiger partial charge in [0.05, 0.1) is 0 Å². The molecular formula is C23H27NO3. The summed E-state index contributed by atoms with van der Waals surface area (Å²) < 4.78 is 5.82. The molecule has 0 spiro atoms. The van der Waals surface area contributed by atoms with Crippen LogP contribution in [0.1, 0.15) is 29.5 Å². The Bertz CT molecular complexity index is 806. The molecule has 142 valence electrons. The van der Waals surface area contributed by atoms with E-state index in [9.17, 15) is 9.90 Å². The van der Waals surface area contributed by atoms with Gasteiger partial charge in [0.1, 0.15) is 18.0 Å². The number of amides is 1. The van der Waals surface area contributed by atoms with E-state index in [1.165, 1.54) is 11.1 Å². The van der Waals surface area contributed by atoms with Gasteiger partial charge in [0.2, 0.25) is 5.91 Å². The molecule has 1 saturated heterocycles. The molecular weight excluding hydrogens is 338 g/mol. The molecule has 27 heavy (non-hydrogen) atoms. The fraction of sp³-hybridized carbons (Fsp3) is 0.348. The SMILES string of the molecule is Cc1ccc(OCC2(O)CCN(C(=O)/C=C/c3ccccc3)CC2)cc1C. The number of carbonyl (C=O) groups excluding carboxylic acids is 1. The molecule has 0 saturated carbocycles. The topological polar surface area (TPSA) is 49.8 Å². The van der Waals surface area contributed by atoms with Crippen LogP contribution in [0.3, 0.4) is 0 Å². The Labute approximate surface area is 161 Å². The van der Waals surface area contributed by atoms with E-state index in [0.29, 0.717) is 25.9 Å². The van der Waals surface area contributed by atoms with Gasteiger partial charge in [0, 0.05) is 19.2 Å². The lowest BCUT2D eigenvalue weighted by molar-refractivity contribution is -0.131. The van der Waals surface area contributed by atoms with Gasteiger partial charge in [-0.25, -0.2) is 0 Å². The number of carbonyl (C=O) groups is 1. The number of piperidine rings is 1. The molecule has 4 nitrogen and oxygen atoms in total. The number of nitrogens with zero attached hydrogens (tertiary/aromatic N) is 1. The molecule has 1 heterocycles. The molecule has 1 N–H and O–H groups in total. The second-order valence-corrected chi connectivity index (χ2v) is 7.33. The van der Waals surface area contributed by atoms with Gasteiger partial charge in [-0.2, -0.15) is 0 Å². The minimum atomic E-state index is -0.890. The second-order valence-electron chi connectivity index (χ2n) is 7.33. The summed E-state index contributed by atoms with van der Waals surface area (Å²) in [5.74, 6) is 0.756. The smallest absolute Gasteiger partial charge is 0.246 e. The summed E-state index contributed by atoms with van der Waals surface area (Å²) in [5.41, 5.74) is 2.50. The van der Waals surface area contributed by atoms with Crippen LogP contribution < -0.4 is 4.74 Å². The van der Waals surface area contributed by atoms with Crippen LogP contribution in [0.15, 0.2) is 54.6 Å². The molecule has 0 atom stereocenters. The van der Waals surface area contributed by atoms with Crippen LogP contribution in [0.25, 0.3) is 6.08 Å². The highest BCUT2D eigenvalue weighted by Gasteiger charge is 2.34. The van der Waals surface area contributed by atoms with Crippen molar-refractivity contribution >= 4 is 12.0 Å². The van der Waals surface area contributed by atoms with E-state index >= 15 is 0 Å². The third-order valence-corrected chi connectivity index (χ3v) is 5.21. The number of hydrogen-bond acceptors (Lipinski definition) is 3. The molecule has 3 rings (SSSR count). The zero-order chi connectivity index (χ0) is 19.3. The minimum Gasteiger partial charge on any atom is -0.491 e. The van der Waals surface area contributed by atoms with Crippen molar-refractivity contribution in [3.8, 4) is 5.75 Å². The van der Waals surface area contributed by atoms with E-state index < -0.39 is 5.60 Å². The van der Waals surface area contributed by atoms with Gasteiger partial charge in [-0.15, -0.1) is 0 Å². The number of aryl methyl sites for hydroxylation is 2. The highest BCUT2D eigenvalue weighted by atomic mass is 16.5. The minimum absolute atomic E-state index is 0.0176. The van der Waals surface area contributed by atoms with Crippen LogP contribution in [-0.2, 0) is 4.79 Å². The van der Waals surface area contributed by atoms with Crippen molar-refractivity contribution in [3.05, 3.63) is 71.3 Å². The van der Waals surface area contributed by atoms with E-state index in [0.717, 1.165) is 11.3 Å². The first-order chi connectivity index (χ1) is 13.0. The molecule has 0 aliphatic carbocycles. The average molecular weight is 365 g/mol. The third-order valence-electron chi connectivity index (χ3n) is 5.21. The summed E-state index contributed by atoms with van der Waals surface area (Å²) in [6.07, 6.45) is 4.46. The van der Waals surface area contributed by atoms with Gasteiger partial charge in [0.25, 0.3) is 0 Å². The largest absolute Gasteiger partial charge is 0.491 e. The van der Waals surface area contributed by atoms with Crippen LogP contribution in [0.2, 0.25) is 0 Å². The van der Waals surface area contributed by atoms with Crippen LogP contribution in [-0.4, -0.2) is 41.2 Å². The molecule has 2 aromatic carbocycles. The van der Waals surface area contributed by atoms with Crippen molar-refractivity contribution in [2.75, 3.05) is 19.7 Å². The lowest BCUT2D eigenvalue weighted by atomic mass is 9.92. The predicted molar refractivity (Wildman–Crippen MR) is 108 cm³/mol. The number of benzene rings is 2. The maximum absolute atomic E-state index is 12.4. The molecule has 1 aliphatic heterocycles. The van der Waals surface area contributed by atoms with Crippen molar-refractivity contribution < 1.29 is 14.6 Å². The van der Waals surface area contributed by atoms with E-state index in [1.54, 1.807) is 11.0 Å². The molecule has 1 fully saturated rings. The highest BCUT2D eigenvalue weighted by molar-refractivity contribution is 5.91. The number of ether oxygens (including phenoxy) is 1. The number of hydrogen-bond donors (Lipinski definition) is 1. The first-order valence-electron chi connectivity index (χ1n) is 9.40.